The third-order valence-corrected chi connectivity index (χ3v) is 12.2. The van der Waals surface area contributed by atoms with E-state index in [1.807, 2.05) is 0 Å². The van der Waals surface area contributed by atoms with Gasteiger partial charge < -0.3 is 15.1 Å². The van der Waals surface area contributed by atoms with Crippen LogP contribution in [0.2, 0.25) is 0 Å². The van der Waals surface area contributed by atoms with Crippen molar-refractivity contribution < 1.29 is 10.2 Å². The lowest BCUT2D eigenvalue weighted by Crippen LogP contribution is -2.32. The van der Waals surface area contributed by atoms with Gasteiger partial charge in [-0.25, -0.2) is 0 Å². The summed E-state index contributed by atoms with van der Waals surface area (Å²) in [4.78, 5) is 4.57. The summed E-state index contributed by atoms with van der Waals surface area (Å²) in [6.45, 7) is 27.0. The van der Waals surface area contributed by atoms with E-state index in [0.29, 0.717) is 24.6 Å². The van der Waals surface area contributed by atoms with E-state index >= 15 is 0 Å². The smallest absolute Gasteiger partial charge is 0.124 e. The Bertz CT molecular complexity index is 1900. The number of aryl methyl sites for hydroxylation is 1. The molecule has 2 aromatic rings. The highest BCUT2D eigenvalue weighted by atomic mass is 16.3. The lowest BCUT2D eigenvalue weighted by molar-refractivity contribution is 0.221. The van der Waals surface area contributed by atoms with Crippen molar-refractivity contribution in [2.24, 2.45) is 0 Å². The number of rotatable bonds is 17. The molecule has 2 aromatic carbocycles. The van der Waals surface area contributed by atoms with Crippen LogP contribution in [0.5, 0.6) is 11.5 Å². The first-order valence-corrected chi connectivity index (χ1v) is 20.7. The second kappa shape index (κ2) is 18.7. The van der Waals surface area contributed by atoms with E-state index in [1.165, 1.54) is 44.6 Å². The summed E-state index contributed by atoms with van der Waals surface area (Å²) in [6.07, 6.45) is 21.8. The van der Waals surface area contributed by atoms with Gasteiger partial charge in [-0.1, -0.05) is 112 Å². The molecule has 4 nitrogen and oxygen atoms in total. The molecule has 0 saturated carbocycles. The van der Waals surface area contributed by atoms with Crippen molar-refractivity contribution in [2.45, 2.75) is 126 Å². The Hall–Kier alpha value is -4.12. The zero-order valence-electron chi connectivity index (χ0n) is 36.5. The lowest BCUT2D eigenvalue weighted by Gasteiger charge is -2.34. The fourth-order valence-corrected chi connectivity index (χ4v) is 8.80. The third kappa shape index (κ3) is 8.66. The third-order valence-electron chi connectivity index (χ3n) is 12.2. The SMILES string of the molecule is CC/C=C\C1=C(C)C(C)=C(/C=C\CC)C1(C)c1cccc(CN(CCN(C)C)Cc2cc(C)cc(C3(C)C(/C=C\CC)=C(C)C(C)=C3/C=C\CC)c2O)c1O. The first-order chi connectivity index (χ1) is 26.1. The van der Waals surface area contributed by atoms with Crippen molar-refractivity contribution in [2.75, 3.05) is 27.2 Å². The van der Waals surface area contributed by atoms with Crippen LogP contribution in [0.25, 0.3) is 0 Å². The number of para-hydroxylation sites is 1. The maximum Gasteiger partial charge on any atom is 0.124 e. The Morgan fingerprint density at radius 3 is 1.36 bits per heavy atom. The fourth-order valence-electron chi connectivity index (χ4n) is 8.80. The number of aromatic hydroxyl groups is 2. The monoisotopic (exact) mass is 743 g/mol. The van der Waals surface area contributed by atoms with Gasteiger partial charge in [-0.15, -0.1) is 0 Å². The van der Waals surface area contributed by atoms with Crippen LogP contribution in [0.3, 0.4) is 0 Å². The maximum atomic E-state index is 12.4. The van der Waals surface area contributed by atoms with Crippen LogP contribution in [0.1, 0.15) is 123 Å². The molecule has 4 rings (SSSR count). The van der Waals surface area contributed by atoms with E-state index in [2.05, 4.69) is 179 Å². The minimum absolute atomic E-state index is 0.348. The van der Waals surface area contributed by atoms with Crippen LogP contribution in [0.4, 0.5) is 0 Å². The summed E-state index contributed by atoms with van der Waals surface area (Å²) in [7, 11) is 4.20. The average Bonchev–Trinajstić information content (AvgIpc) is 3.45. The number of likely N-dealkylation sites (N-methyl/N-ethyl adjacent to an activating group) is 1. The highest BCUT2D eigenvalue weighted by Crippen LogP contribution is 2.54. The maximum absolute atomic E-state index is 12.4. The van der Waals surface area contributed by atoms with Gasteiger partial charge in [0.15, 0.2) is 0 Å². The molecule has 296 valence electrons. The van der Waals surface area contributed by atoms with E-state index in [0.717, 1.165) is 66.6 Å². The quantitative estimate of drug-likeness (QED) is 0.169. The molecule has 0 atom stereocenters. The Balaban J connectivity index is 1.85. The van der Waals surface area contributed by atoms with Gasteiger partial charge in [-0.2, -0.15) is 0 Å². The van der Waals surface area contributed by atoms with E-state index in [9.17, 15) is 10.2 Å². The van der Waals surface area contributed by atoms with Crippen LogP contribution in [-0.4, -0.2) is 47.2 Å². The molecular weight excluding hydrogens is 673 g/mol. The van der Waals surface area contributed by atoms with Crippen molar-refractivity contribution in [3.63, 3.8) is 0 Å². The summed E-state index contributed by atoms with van der Waals surface area (Å²) >= 11 is 0. The highest BCUT2D eigenvalue weighted by Gasteiger charge is 2.43. The zero-order chi connectivity index (χ0) is 40.7. The minimum atomic E-state index is -0.501. The summed E-state index contributed by atoms with van der Waals surface area (Å²) < 4.78 is 0. The average molecular weight is 743 g/mol. The zero-order valence-corrected chi connectivity index (χ0v) is 36.5. The van der Waals surface area contributed by atoms with E-state index < -0.39 is 10.8 Å². The van der Waals surface area contributed by atoms with Gasteiger partial charge in [0.1, 0.15) is 11.5 Å². The topological polar surface area (TPSA) is 46.9 Å². The molecule has 55 heavy (non-hydrogen) atoms. The lowest BCUT2D eigenvalue weighted by atomic mass is 9.70. The molecule has 2 aliphatic rings. The highest BCUT2D eigenvalue weighted by molar-refractivity contribution is 5.70. The molecule has 0 amide bonds. The fraction of sp³-hybridized carbons (Fsp3) is 0.451. The standard InChI is InChI=1S/C51H70N2O2/c1-14-18-24-42-36(6)37(7)43(25-19-15-2)50(42,10)46-28-22-23-40(48(46)54)33-53(30-29-52(12)13)34-41-31-35(5)32-47(49(41)55)51(11)44(26-20-16-3)38(8)39(9)45(51)27-21-17-4/h18-28,31-32,54-55H,14-17,29-30,33-34H2,1-13H3/b24-18-,25-19-,26-20-,27-21-. The molecule has 0 fully saturated rings. The Morgan fingerprint density at radius 1 is 0.545 bits per heavy atom. The number of hydrogen-bond donors (Lipinski definition) is 2. The van der Waals surface area contributed by atoms with Gasteiger partial charge in [0.05, 0.1) is 0 Å². The molecule has 4 heteroatoms. The molecule has 2 aliphatic carbocycles. The van der Waals surface area contributed by atoms with Gasteiger partial charge in [0.2, 0.25) is 0 Å². The molecule has 0 heterocycles. The van der Waals surface area contributed by atoms with Gasteiger partial charge in [-0.3, -0.25) is 4.90 Å². The summed E-state index contributed by atoms with van der Waals surface area (Å²) in [5.41, 5.74) is 13.9. The molecule has 0 radical (unpaired) electrons. The number of nitrogens with zero attached hydrogens (tertiary/aromatic N) is 2. The number of benzene rings is 2. The predicted octanol–water partition coefficient (Wildman–Crippen LogP) is 12.6. The van der Waals surface area contributed by atoms with Crippen molar-refractivity contribution in [1.82, 2.24) is 9.80 Å². The molecular formula is C51H70N2O2. The van der Waals surface area contributed by atoms with Gasteiger partial charge in [0, 0.05) is 59.3 Å². The predicted molar refractivity (Wildman–Crippen MR) is 237 cm³/mol. The van der Waals surface area contributed by atoms with Crippen molar-refractivity contribution in [3.8, 4) is 11.5 Å². The largest absolute Gasteiger partial charge is 0.507 e. The molecule has 2 N–H and O–H groups in total. The molecule has 0 unspecified atom stereocenters. The van der Waals surface area contributed by atoms with Crippen molar-refractivity contribution >= 4 is 0 Å². The molecule has 0 spiro atoms. The van der Waals surface area contributed by atoms with Crippen molar-refractivity contribution in [3.05, 3.63) is 151 Å². The number of hydrogen-bond acceptors (Lipinski definition) is 4. The Kier molecular flexibility index (Phi) is 14.8. The van der Waals surface area contributed by atoms with Gasteiger partial charge in [0.25, 0.3) is 0 Å². The van der Waals surface area contributed by atoms with Crippen LogP contribution in [0, 0.1) is 6.92 Å². The van der Waals surface area contributed by atoms with E-state index in [4.69, 9.17) is 0 Å². The molecule has 0 aromatic heterocycles. The Morgan fingerprint density at radius 2 is 0.945 bits per heavy atom. The van der Waals surface area contributed by atoms with Crippen LogP contribution in [-0.2, 0) is 23.9 Å². The van der Waals surface area contributed by atoms with E-state index in [1.54, 1.807) is 0 Å². The number of phenolic OH excluding ortho intramolecular Hbond substituents is 2. The first-order valence-electron chi connectivity index (χ1n) is 20.7. The number of allylic oxidation sites excluding steroid dienone is 16. The van der Waals surface area contributed by atoms with Crippen LogP contribution in [0.15, 0.2) is 124 Å². The second-order valence-electron chi connectivity index (χ2n) is 16.3. The normalized spacial score (nSPS) is 17.6. The van der Waals surface area contributed by atoms with E-state index in [-0.39, 0.29) is 0 Å². The molecule has 0 saturated heterocycles. The second-order valence-corrected chi connectivity index (χ2v) is 16.3. The van der Waals surface area contributed by atoms with Crippen LogP contribution < -0.4 is 0 Å². The molecule has 0 aliphatic heterocycles. The first kappa shape index (κ1) is 43.6. The van der Waals surface area contributed by atoms with Gasteiger partial charge >= 0.3 is 0 Å². The summed E-state index contributed by atoms with van der Waals surface area (Å²) in [5.74, 6) is 0.702. The minimum Gasteiger partial charge on any atom is -0.507 e. The number of phenols is 2. The summed E-state index contributed by atoms with van der Waals surface area (Å²) in [6, 6.07) is 10.6. The van der Waals surface area contributed by atoms with Gasteiger partial charge in [-0.05, 0) is 133 Å². The summed E-state index contributed by atoms with van der Waals surface area (Å²) in [5, 5.41) is 24.7. The van der Waals surface area contributed by atoms with Crippen LogP contribution >= 0.6 is 0 Å². The Labute approximate surface area is 334 Å². The van der Waals surface area contributed by atoms with Crippen molar-refractivity contribution in [1.29, 1.82) is 0 Å². The molecule has 0 bridgehead atoms.